The SMILES string of the molecule is C=CCCC[C@H](NC(=O)c1cccnc1)C(=O)O. The van der Waals surface area contributed by atoms with Gasteiger partial charge in [-0.15, -0.1) is 6.58 Å². The number of pyridine rings is 1. The van der Waals surface area contributed by atoms with Crippen molar-refractivity contribution < 1.29 is 14.7 Å². The van der Waals surface area contributed by atoms with Gasteiger partial charge >= 0.3 is 5.97 Å². The van der Waals surface area contributed by atoms with E-state index in [0.29, 0.717) is 18.4 Å². The van der Waals surface area contributed by atoms with Gasteiger partial charge in [-0.3, -0.25) is 9.78 Å². The van der Waals surface area contributed by atoms with Crippen molar-refractivity contribution in [1.29, 1.82) is 0 Å². The number of hydrogen-bond donors (Lipinski definition) is 2. The van der Waals surface area contributed by atoms with E-state index in [-0.39, 0.29) is 0 Å². The van der Waals surface area contributed by atoms with Crippen LogP contribution in [0.2, 0.25) is 0 Å². The molecule has 0 radical (unpaired) electrons. The summed E-state index contributed by atoms with van der Waals surface area (Å²) in [5.41, 5.74) is 0.354. The Morgan fingerprint density at radius 1 is 1.56 bits per heavy atom. The summed E-state index contributed by atoms with van der Waals surface area (Å²) in [6.45, 7) is 3.57. The average Bonchev–Trinajstić information content (AvgIpc) is 2.38. The summed E-state index contributed by atoms with van der Waals surface area (Å²) < 4.78 is 0. The van der Waals surface area contributed by atoms with E-state index in [1.54, 1.807) is 24.4 Å². The predicted molar refractivity (Wildman–Crippen MR) is 67.2 cm³/mol. The van der Waals surface area contributed by atoms with Gasteiger partial charge in [0.15, 0.2) is 0 Å². The smallest absolute Gasteiger partial charge is 0.326 e. The summed E-state index contributed by atoms with van der Waals surface area (Å²) in [7, 11) is 0. The number of nitrogens with zero attached hydrogens (tertiary/aromatic N) is 1. The van der Waals surface area contributed by atoms with Crippen molar-refractivity contribution in [2.24, 2.45) is 0 Å². The summed E-state index contributed by atoms with van der Waals surface area (Å²) in [5, 5.41) is 11.5. The first-order chi connectivity index (χ1) is 8.65. The molecule has 0 fully saturated rings. The van der Waals surface area contributed by atoms with Gasteiger partial charge < -0.3 is 10.4 Å². The monoisotopic (exact) mass is 248 g/mol. The molecule has 0 aliphatic heterocycles. The normalized spacial score (nSPS) is 11.6. The van der Waals surface area contributed by atoms with Crippen LogP contribution in [0.3, 0.4) is 0 Å². The lowest BCUT2D eigenvalue weighted by molar-refractivity contribution is -0.139. The Morgan fingerprint density at radius 3 is 2.89 bits per heavy atom. The number of amides is 1. The number of carboxylic acids is 1. The van der Waals surface area contributed by atoms with Gasteiger partial charge in [-0.1, -0.05) is 6.08 Å². The number of aromatic nitrogens is 1. The molecule has 96 valence electrons. The zero-order chi connectivity index (χ0) is 13.4. The van der Waals surface area contributed by atoms with Crippen LogP contribution in [0.4, 0.5) is 0 Å². The molecule has 1 rings (SSSR count). The van der Waals surface area contributed by atoms with Crippen LogP contribution >= 0.6 is 0 Å². The van der Waals surface area contributed by atoms with Gasteiger partial charge in [-0.2, -0.15) is 0 Å². The fourth-order valence-corrected chi connectivity index (χ4v) is 1.46. The number of carbonyl (C=O) groups is 2. The van der Waals surface area contributed by atoms with E-state index in [9.17, 15) is 9.59 Å². The lowest BCUT2D eigenvalue weighted by Gasteiger charge is -2.13. The van der Waals surface area contributed by atoms with Crippen LogP contribution in [0.25, 0.3) is 0 Å². The van der Waals surface area contributed by atoms with E-state index in [4.69, 9.17) is 5.11 Å². The molecule has 2 N–H and O–H groups in total. The van der Waals surface area contributed by atoms with Crippen LogP contribution in [0, 0.1) is 0 Å². The number of hydrogen-bond acceptors (Lipinski definition) is 3. The van der Waals surface area contributed by atoms with E-state index in [2.05, 4.69) is 16.9 Å². The van der Waals surface area contributed by atoms with Gasteiger partial charge in [0.25, 0.3) is 5.91 Å². The third-order valence-electron chi connectivity index (χ3n) is 2.43. The molecule has 0 bridgehead atoms. The first-order valence-corrected chi connectivity index (χ1v) is 5.69. The van der Waals surface area contributed by atoms with Crippen LogP contribution in [0.1, 0.15) is 29.6 Å². The first-order valence-electron chi connectivity index (χ1n) is 5.69. The van der Waals surface area contributed by atoms with Crippen molar-refractivity contribution >= 4 is 11.9 Å². The topological polar surface area (TPSA) is 79.3 Å². The molecule has 5 nitrogen and oxygen atoms in total. The molecule has 1 amide bonds. The van der Waals surface area contributed by atoms with Crippen molar-refractivity contribution in [3.8, 4) is 0 Å². The number of aliphatic carboxylic acids is 1. The molecular formula is C13H16N2O3. The number of carboxylic acid groups (broad SMARTS) is 1. The van der Waals surface area contributed by atoms with Crippen molar-refractivity contribution in [2.45, 2.75) is 25.3 Å². The van der Waals surface area contributed by atoms with E-state index < -0.39 is 17.9 Å². The van der Waals surface area contributed by atoms with E-state index in [0.717, 1.165) is 6.42 Å². The van der Waals surface area contributed by atoms with Gasteiger partial charge in [0.1, 0.15) is 6.04 Å². The molecule has 0 spiro atoms. The Morgan fingerprint density at radius 2 is 2.33 bits per heavy atom. The Hall–Kier alpha value is -2.17. The minimum Gasteiger partial charge on any atom is -0.480 e. The third kappa shape index (κ3) is 4.37. The maximum absolute atomic E-state index is 11.8. The second kappa shape index (κ2) is 7.21. The minimum absolute atomic E-state index is 0.354. The molecule has 0 saturated carbocycles. The molecule has 0 saturated heterocycles. The van der Waals surface area contributed by atoms with Crippen LogP contribution in [-0.2, 0) is 4.79 Å². The number of rotatable bonds is 7. The highest BCUT2D eigenvalue weighted by molar-refractivity contribution is 5.96. The molecule has 0 aliphatic carbocycles. The molecular weight excluding hydrogens is 232 g/mol. The van der Waals surface area contributed by atoms with E-state index in [1.165, 1.54) is 6.20 Å². The average molecular weight is 248 g/mol. The fraction of sp³-hybridized carbons (Fsp3) is 0.308. The second-order valence-corrected chi connectivity index (χ2v) is 3.83. The van der Waals surface area contributed by atoms with Crippen molar-refractivity contribution in [3.63, 3.8) is 0 Å². The van der Waals surface area contributed by atoms with Gasteiger partial charge in [0.05, 0.1) is 5.56 Å². The van der Waals surface area contributed by atoms with E-state index in [1.807, 2.05) is 0 Å². The molecule has 0 unspecified atom stereocenters. The number of carbonyl (C=O) groups excluding carboxylic acids is 1. The predicted octanol–water partition coefficient (Wildman–Crippen LogP) is 1.62. The zero-order valence-corrected chi connectivity index (χ0v) is 10.0. The molecule has 1 aromatic heterocycles. The second-order valence-electron chi connectivity index (χ2n) is 3.83. The van der Waals surface area contributed by atoms with Gasteiger partial charge in [-0.05, 0) is 31.4 Å². The summed E-state index contributed by atoms with van der Waals surface area (Å²) in [6, 6.07) is 2.34. The quantitative estimate of drug-likeness (QED) is 0.567. The van der Waals surface area contributed by atoms with Crippen LogP contribution in [0.5, 0.6) is 0 Å². The van der Waals surface area contributed by atoms with Crippen LogP contribution in [-0.4, -0.2) is 28.0 Å². The molecule has 1 heterocycles. The van der Waals surface area contributed by atoms with Crippen molar-refractivity contribution in [3.05, 3.63) is 42.7 Å². The Balaban J connectivity index is 2.58. The van der Waals surface area contributed by atoms with Gasteiger partial charge in [0, 0.05) is 12.4 Å². The van der Waals surface area contributed by atoms with Crippen LogP contribution in [0.15, 0.2) is 37.2 Å². The van der Waals surface area contributed by atoms with Crippen LogP contribution < -0.4 is 5.32 Å². The molecule has 1 atom stereocenters. The number of allylic oxidation sites excluding steroid dienone is 1. The maximum atomic E-state index is 11.8. The minimum atomic E-state index is -1.03. The largest absolute Gasteiger partial charge is 0.480 e. The lowest BCUT2D eigenvalue weighted by Crippen LogP contribution is -2.40. The Labute approximate surface area is 106 Å². The van der Waals surface area contributed by atoms with Crippen molar-refractivity contribution in [1.82, 2.24) is 10.3 Å². The molecule has 0 aromatic carbocycles. The van der Waals surface area contributed by atoms with Gasteiger partial charge in [0.2, 0.25) is 0 Å². The molecule has 5 heteroatoms. The lowest BCUT2D eigenvalue weighted by atomic mass is 10.1. The fourth-order valence-electron chi connectivity index (χ4n) is 1.46. The molecule has 1 aromatic rings. The Bertz CT molecular complexity index is 418. The standard InChI is InChI=1S/C13H16N2O3/c1-2-3-4-7-11(13(17)18)15-12(16)10-6-5-8-14-9-10/h2,5-6,8-9,11H,1,3-4,7H2,(H,15,16)(H,17,18)/t11-/m0/s1. The highest BCUT2D eigenvalue weighted by Gasteiger charge is 2.19. The maximum Gasteiger partial charge on any atom is 0.326 e. The third-order valence-corrected chi connectivity index (χ3v) is 2.43. The Kier molecular flexibility index (Phi) is 5.57. The van der Waals surface area contributed by atoms with E-state index >= 15 is 0 Å². The summed E-state index contributed by atoms with van der Waals surface area (Å²) in [5.74, 6) is -1.45. The highest BCUT2D eigenvalue weighted by Crippen LogP contribution is 2.04. The zero-order valence-electron chi connectivity index (χ0n) is 10.0. The molecule has 18 heavy (non-hydrogen) atoms. The first kappa shape index (κ1) is 13.9. The summed E-state index contributed by atoms with van der Waals surface area (Å²) in [6.07, 6.45) is 6.46. The van der Waals surface area contributed by atoms with Crippen molar-refractivity contribution in [2.75, 3.05) is 0 Å². The number of nitrogens with one attached hydrogen (secondary N) is 1. The summed E-state index contributed by atoms with van der Waals surface area (Å²) in [4.78, 5) is 26.6. The number of unbranched alkanes of at least 4 members (excludes halogenated alkanes) is 1. The highest BCUT2D eigenvalue weighted by atomic mass is 16.4. The summed E-state index contributed by atoms with van der Waals surface area (Å²) >= 11 is 0. The van der Waals surface area contributed by atoms with Gasteiger partial charge in [-0.25, -0.2) is 4.79 Å². The molecule has 0 aliphatic rings.